The van der Waals surface area contributed by atoms with Crippen molar-refractivity contribution in [3.8, 4) is 11.3 Å². The maximum absolute atomic E-state index is 4.87. The second-order valence-corrected chi connectivity index (χ2v) is 6.73. The van der Waals surface area contributed by atoms with E-state index >= 15 is 0 Å². The van der Waals surface area contributed by atoms with Crippen molar-refractivity contribution in [2.75, 3.05) is 13.1 Å². The fourth-order valence-electron chi connectivity index (χ4n) is 2.88. The maximum Gasteiger partial charge on any atom is 0.0964 e. The van der Waals surface area contributed by atoms with E-state index in [0.717, 1.165) is 5.69 Å². The molecule has 1 aliphatic heterocycles. The number of benzene rings is 1. The molecule has 2 heterocycles. The fourth-order valence-corrected chi connectivity index (χ4v) is 3.88. The molecule has 3 heteroatoms. The molecule has 0 unspecified atom stereocenters. The smallest absolute Gasteiger partial charge is 0.0964 e. The number of likely N-dealkylation sites (tertiary alicyclic amines) is 1. The highest BCUT2D eigenvalue weighted by Gasteiger charge is 2.24. The van der Waals surface area contributed by atoms with Crippen molar-refractivity contribution in [1.82, 2.24) is 9.88 Å². The van der Waals surface area contributed by atoms with Crippen molar-refractivity contribution < 1.29 is 0 Å². The Labute approximate surface area is 125 Å². The second-order valence-electron chi connectivity index (χ2n) is 5.84. The molecule has 3 rings (SSSR count). The van der Waals surface area contributed by atoms with Crippen molar-refractivity contribution in [2.45, 2.75) is 38.6 Å². The van der Waals surface area contributed by atoms with Crippen LogP contribution in [0.15, 0.2) is 35.7 Å². The maximum atomic E-state index is 4.87. The van der Waals surface area contributed by atoms with Crippen LogP contribution in [0.25, 0.3) is 11.3 Å². The number of nitrogens with zero attached hydrogens (tertiary/aromatic N) is 2. The Morgan fingerprint density at radius 3 is 2.50 bits per heavy atom. The number of piperidine rings is 1. The van der Waals surface area contributed by atoms with Gasteiger partial charge in [-0.1, -0.05) is 30.3 Å². The van der Waals surface area contributed by atoms with Gasteiger partial charge in [0.2, 0.25) is 0 Å². The second kappa shape index (κ2) is 6.06. The third-order valence-corrected chi connectivity index (χ3v) is 5.21. The average molecular weight is 286 g/mol. The van der Waals surface area contributed by atoms with Crippen LogP contribution >= 0.6 is 11.3 Å². The Bertz CT molecular complexity index is 539. The van der Waals surface area contributed by atoms with E-state index in [2.05, 4.69) is 54.5 Å². The van der Waals surface area contributed by atoms with Crippen molar-refractivity contribution >= 4 is 11.3 Å². The predicted octanol–water partition coefficient (Wildman–Crippen LogP) is 4.40. The highest BCUT2D eigenvalue weighted by Crippen LogP contribution is 2.33. The summed E-state index contributed by atoms with van der Waals surface area (Å²) in [5, 5.41) is 3.53. The highest BCUT2D eigenvalue weighted by atomic mass is 32.1. The van der Waals surface area contributed by atoms with Crippen LogP contribution in [0.5, 0.6) is 0 Å². The first kappa shape index (κ1) is 13.8. The van der Waals surface area contributed by atoms with Gasteiger partial charge >= 0.3 is 0 Å². The fraction of sp³-hybridized carbons (Fsp3) is 0.471. The highest BCUT2D eigenvalue weighted by molar-refractivity contribution is 7.10. The van der Waals surface area contributed by atoms with Crippen molar-refractivity contribution in [2.24, 2.45) is 0 Å². The largest absolute Gasteiger partial charge is 0.301 e. The molecule has 0 radical (unpaired) electrons. The van der Waals surface area contributed by atoms with Crippen LogP contribution in [0.2, 0.25) is 0 Å². The third-order valence-electron chi connectivity index (χ3n) is 4.20. The van der Waals surface area contributed by atoms with Gasteiger partial charge in [-0.3, -0.25) is 0 Å². The monoisotopic (exact) mass is 286 g/mol. The topological polar surface area (TPSA) is 16.1 Å². The van der Waals surface area contributed by atoms with E-state index in [9.17, 15) is 0 Å². The van der Waals surface area contributed by atoms with Crippen LogP contribution in [0.1, 0.15) is 37.6 Å². The van der Waals surface area contributed by atoms with Crippen LogP contribution in [-0.2, 0) is 0 Å². The summed E-state index contributed by atoms with van der Waals surface area (Å²) < 4.78 is 0. The zero-order valence-corrected chi connectivity index (χ0v) is 13.1. The first-order valence-corrected chi connectivity index (χ1v) is 8.37. The van der Waals surface area contributed by atoms with Crippen molar-refractivity contribution in [3.05, 3.63) is 40.7 Å². The molecular weight excluding hydrogens is 264 g/mol. The van der Waals surface area contributed by atoms with E-state index in [-0.39, 0.29) is 0 Å². The lowest BCUT2D eigenvalue weighted by Gasteiger charge is -2.33. The van der Waals surface area contributed by atoms with E-state index in [1.165, 1.54) is 36.5 Å². The molecule has 0 atom stereocenters. The van der Waals surface area contributed by atoms with Crippen LogP contribution in [0.3, 0.4) is 0 Å². The Morgan fingerprint density at radius 2 is 1.85 bits per heavy atom. The molecule has 2 aromatic rings. The van der Waals surface area contributed by atoms with Gasteiger partial charge < -0.3 is 4.90 Å². The molecule has 0 amide bonds. The normalized spacial score (nSPS) is 17.8. The lowest BCUT2D eigenvalue weighted by molar-refractivity contribution is 0.172. The van der Waals surface area contributed by atoms with Gasteiger partial charge in [-0.15, -0.1) is 11.3 Å². The quantitative estimate of drug-likeness (QED) is 0.831. The van der Waals surface area contributed by atoms with E-state index in [0.29, 0.717) is 12.0 Å². The Kier molecular flexibility index (Phi) is 4.18. The molecule has 1 aromatic carbocycles. The minimum Gasteiger partial charge on any atom is -0.301 e. The molecule has 20 heavy (non-hydrogen) atoms. The lowest BCUT2D eigenvalue weighted by atomic mass is 9.96. The van der Waals surface area contributed by atoms with E-state index < -0.39 is 0 Å². The van der Waals surface area contributed by atoms with Crippen LogP contribution < -0.4 is 0 Å². The zero-order chi connectivity index (χ0) is 13.9. The molecule has 106 valence electrons. The van der Waals surface area contributed by atoms with Gasteiger partial charge in [0.25, 0.3) is 0 Å². The summed E-state index contributed by atoms with van der Waals surface area (Å²) in [6.45, 7) is 7.00. The van der Waals surface area contributed by atoms with Crippen molar-refractivity contribution in [3.63, 3.8) is 0 Å². The molecular formula is C17H22N2S. The first-order chi connectivity index (χ1) is 9.74. The van der Waals surface area contributed by atoms with Gasteiger partial charge in [-0.05, 0) is 39.8 Å². The molecule has 1 saturated heterocycles. The molecule has 0 bridgehead atoms. The summed E-state index contributed by atoms with van der Waals surface area (Å²) in [4.78, 5) is 7.45. The molecule has 0 N–H and O–H groups in total. The Hall–Kier alpha value is -1.19. The molecule has 2 nitrogen and oxygen atoms in total. The standard InChI is InChI=1S/C17H22N2S/c1-13(2)19-10-8-15(9-11-19)17-18-16(12-20-17)14-6-4-3-5-7-14/h3-7,12-13,15H,8-11H2,1-2H3. The van der Waals surface area contributed by atoms with Gasteiger partial charge in [0, 0.05) is 22.9 Å². The van der Waals surface area contributed by atoms with E-state index in [1.807, 2.05) is 11.3 Å². The van der Waals surface area contributed by atoms with Crippen LogP contribution in [0, 0.1) is 0 Å². The molecule has 0 saturated carbocycles. The molecule has 1 aliphatic rings. The minimum atomic E-state index is 0.660. The van der Waals surface area contributed by atoms with Gasteiger partial charge in [0.1, 0.15) is 0 Å². The SMILES string of the molecule is CC(C)N1CCC(c2nc(-c3ccccc3)cs2)CC1. The average Bonchev–Trinajstić information content (AvgIpc) is 2.98. The van der Waals surface area contributed by atoms with Gasteiger partial charge in [-0.2, -0.15) is 0 Å². The summed E-state index contributed by atoms with van der Waals surface area (Å²) >= 11 is 1.83. The van der Waals surface area contributed by atoms with Gasteiger partial charge in [0.15, 0.2) is 0 Å². The molecule has 0 aliphatic carbocycles. The molecule has 1 aromatic heterocycles. The van der Waals surface area contributed by atoms with E-state index in [1.54, 1.807) is 0 Å². The number of aromatic nitrogens is 1. The van der Waals surface area contributed by atoms with Gasteiger partial charge in [0.05, 0.1) is 10.7 Å². The summed E-state index contributed by atoms with van der Waals surface area (Å²) in [6, 6.07) is 11.2. The third kappa shape index (κ3) is 2.94. The summed E-state index contributed by atoms with van der Waals surface area (Å²) in [7, 11) is 0. The number of hydrogen-bond donors (Lipinski definition) is 0. The van der Waals surface area contributed by atoms with Gasteiger partial charge in [-0.25, -0.2) is 4.98 Å². The predicted molar refractivity (Wildman–Crippen MR) is 86.2 cm³/mol. The summed E-state index contributed by atoms with van der Waals surface area (Å²) in [6.07, 6.45) is 2.50. The Morgan fingerprint density at radius 1 is 1.15 bits per heavy atom. The molecule has 1 fully saturated rings. The number of thiazole rings is 1. The van der Waals surface area contributed by atoms with E-state index in [4.69, 9.17) is 4.98 Å². The minimum absolute atomic E-state index is 0.660. The Balaban J connectivity index is 1.69. The summed E-state index contributed by atoms with van der Waals surface area (Å²) in [5.74, 6) is 0.660. The number of rotatable bonds is 3. The van der Waals surface area contributed by atoms with Crippen molar-refractivity contribution in [1.29, 1.82) is 0 Å². The zero-order valence-electron chi connectivity index (χ0n) is 12.2. The number of hydrogen-bond acceptors (Lipinski definition) is 3. The van der Waals surface area contributed by atoms with Crippen LogP contribution in [-0.4, -0.2) is 29.0 Å². The van der Waals surface area contributed by atoms with Crippen LogP contribution in [0.4, 0.5) is 0 Å². The lowest BCUT2D eigenvalue weighted by Crippen LogP contribution is -2.37. The summed E-state index contributed by atoms with van der Waals surface area (Å²) in [5.41, 5.74) is 2.37. The first-order valence-electron chi connectivity index (χ1n) is 7.49. The molecule has 0 spiro atoms.